The largest absolute Gasteiger partial charge is 0.333 e. The molecule has 26 heavy (non-hydrogen) atoms. The van der Waals surface area contributed by atoms with Crippen LogP contribution in [-0.2, 0) is 0 Å². The lowest BCUT2D eigenvalue weighted by Crippen LogP contribution is -2.39. The van der Waals surface area contributed by atoms with Gasteiger partial charge in [-0.05, 0) is 57.5 Å². The third-order valence-electron chi connectivity index (χ3n) is 5.18. The van der Waals surface area contributed by atoms with Crippen LogP contribution in [-0.4, -0.2) is 45.5 Å². The number of rotatable bonds is 4. The fourth-order valence-corrected chi connectivity index (χ4v) is 3.37. The normalized spacial score (nSPS) is 16.3. The Balaban J connectivity index is 1.92. The first-order chi connectivity index (χ1) is 12.5. The Morgan fingerprint density at radius 2 is 2.08 bits per heavy atom. The molecule has 1 atom stereocenters. The molecule has 1 aliphatic rings. The molecule has 1 N–H and O–H groups in total. The van der Waals surface area contributed by atoms with Gasteiger partial charge in [0.05, 0.1) is 11.7 Å². The minimum atomic E-state index is -0.276. The average molecular weight is 355 g/mol. The second-order valence-corrected chi connectivity index (χ2v) is 6.79. The smallest absolute Gasteiger partial charge is 0.263 e. The van der Waals surface area contributed by atoms with Crippen molar-refractivity contribution in [1.29, 1.82) is 0 Å². The van der Waals surface area contributed by atoms with E-state index in [1.54, 1.807) is 28.8 Å². The summed E-state index contributed by atoms with van der Waals surface area (Å²) in [6.07, 6.45) is 6.71. The number of piperidine rings is 1. The van der Waals surface area contributed by atoms with Crippen LogP contribution in [0.3, 0.4) is 0 Å². The van der Waals surface area contributed by atoms with E-state index < -0.39 is 0 Å². The van der Waals surface area contributed by atoms with Crippen LogP contribution in [0, 0.1) is 6.92 Å². The zero-order chi connectivity index (χ0) is 18.7. The first-order valence-corrected chi connectivity index (χ1v) is 8.96. The third-order valence-corrected chi connectivity index (χ3v) is 5.18. The van der Waals surface area contributed by atoms with Gasteiger partial charge in [-0.15, -0.1) is 0 Å². The SMILES string of the molecule is Cc1ccn(C2CCNCC2)c(=O)c1C(=O)N(C)C(C)c1ccncn1. The molecule has 3 rings (SSSR count). The Morgan fingerprint density at radius 1 is 1.35 bits per heavy atom. The maximum absolute atomic E-state index is 13.1. The molecule has 2 aromatic heterocycles. The summed E-state index contributed by atoms with van der Waals surface area (Å²) in [5, 5.41) is 3.30. The number of hydrogen-bond acceptors (Lipinski definition) is 5. The first kappa shape index (κ1) is 18.3. The Kier molecular flexibility index (Phi) is 5.46. The number of hydrogen-bond donors (Lipinski definition) is 1. The molecule has 0 bridgehead atoms. The van der Waals surface area contributed by atoms with E-state index in [9.17, 15) is 9.59 Å². The van der Waals surface area contributed by atoms with Crippen LogP contribution in [0.25, 0.3) is 0 Å². The summed E-state index contributed by atoms with van der Waals surface area (Å²) in [5.41, 5.74) is 1.48. The molecule has 0 radical (unpaired) electrons. The molecule has 0 aromatic carbocycles. The van der Waals surface area contributed by atoms with Gasteiger partial charge in [-0.1, -0.05) is 0 Å². The van der Waals surface area contributed by atoms with E-state index in [0.29, 0.717) is 5.56 Å². The number of aryl methyl sites for hydroxylation is 1. The van der Waals surface area contributed by atoms with Gasteiger partial charge in [0.1, 0.15) is 11.9 Å². The van der Waals surface area contributed by atoms with Crippen LogP contribution in [0.2, 0.25) is 0 Å². The molecule has 0 saturated carbocycles. The number of pyridine rings is 1. The summed E-state index contributed by atoms with van der Waals surface area (Å²) < 4.78 is 1.73. The van der Waals surface area contributed by atoms with Crippen molar-refractivity contribution < 1.29 is 4.79 Å². The Bertz CT molecular complexity index is 828. The zero-order valence-corrected chi connectivity index (χ0v) is 15.5. The van der Waals surface area contributed by atoms with Crippen molar-refractivity contribution in [2.45, 2.75) is 38.8 Å². The standard InChI is InChI=1S/C19H25N5O2/c1-13-7-11-24(15-4-8-20-9-5-15)19(26)17(13)18(25)23(3)14(2)16-6-10-21-12-22-16/h6-7,10-12,14-15,20H,4-5,8-9H2,1-3H3. The second-order valence-electron chi connectivity index (χ2n) is 6.79. The van der Waals surface area contributed by atoms with Gasteiger partial charge in [0.25, 0.3) is 11.5 Å². The summed E-state index contributed by atoms with van der Waals surface area (Å²) in [5.74, 6) is -0.276. The molecular weight excluding hydrogens is 330 g/mol. The quantitative estimate of drug-likeness (QED) is 0.903. The van der Waals surface area contributed by atoms with Gasteiger partial charge in [0.2, 0.25) is 0 Å². The van der Waals surface area contributed by atoms with Gasteiger partial charge in [-0.25, -0.2) is 9.97 Å². The van der Waals surface area contributed by atoms with E-state index in [0.717, 1.165) is 31.6 Å². The third kappa shape index (κ3) is 3.53. The molecule has 138 valence electrons. The first-order valence-electron chi connectivity index (χ1n) is 8.96. The zero-order valence-electron chi connectivity index (χ0n) is 15.5. The van der Waals surface area contributed by atoms with Crippen LogP contribution < -0.4 is 10.9 Å². The predicted molar refractivity (Wildman–Crippen MR) is 99.1 cm³/mol. The molecule has 1 amide bonds. The van der Waals surface area contributed by atoms with Crippen LogP contribution in [0.1, 0.15) is 53.5 Å². The van der Waals surface area contributed by atoms with Gasteiger partial charge < -0.3 is 14.8 Å². The summed E-state index contributed by atoms with van der Waals surface area (Å²) in [7, 11) is 1.70. The number of nitrogens with one attached hydrogen (secondary N) is 1. The van der Waals surface area contributed by atoms with E-state index in [4.69, 9.17) is 0 Å². The molecule has 2 aromatic rings. The number of nitrogens with zero attached hydrogens (tertiary/aromatic N) is 4. The van der Waals surface area contributed by atoms with Gasteiger partial charge in [0, 0.05) is 25.5 Å². The Hall–Kier alpha value is -2.54. The van der Waals surface area contributed by atoms with Crippen molar-refractivity contribution in [3.8, 4) is 0 Å². The van der Waals surface area contributed by atoms with Crippen LogP contribution in [0.5, 0.6) is 0 Å². The molecule has 0 spiro atoms. The van der Waals surface area contributed by atoms with Crippen molar-refractivity contribution in [3.63, 3.8) is 0 Å². The number of aromatic nitrogens is 3. The number of amides is 1. The predicted octanol–water partition coefficient (Wildman–Crippen LogP) is 1.70. The molecule has 7 heteroatoms. The molecule has 1 saturated heterocycles. The fourth-order valence-electron chi connectivity index (χ4n) is 3.37. The molecular formula is C19H25N5O2. The lowest BCUT2D eigenvalue weighted by atomic mass is 10.0. The highest BCUT2D eigenvalue weighted by Crippen LogP contribution is 2.20. The van der Waals surface area contributed by atoms with Crippen molar-refractivity contribution in [3.05, 3.63) is 58.0 Å². The summed E-state index contributed by atoms with van der Waals surface area (Å²) in [6, 6.07) is 3.52. The number of carbonyl (C=O) groups is 1. The lowest BCUT2D eigenvalue weighted by molar-refractivity contribution is 0.0736. The molecule has 0 aliphatic carbocycles. The summed E-state index contributed by atoms with van der Waals surface area (Å²) >= 11 is 0. The van der Waals surface area contributed by atoms with Gasteiger partial charge in [0.15, 0.2) is 0 Å². The maximum atomic E-state index is 13.1. The molecule has 1 aliphatic heterocycles. The van der Waals surface area contributed by atoms with Crippen LogP contribution in [0.4, 0.5) is 0 Å². The Morgan fingerprint density at radius 3 is 2.73 bits per heavy atom. The van der Waals surface area contributed by atoms with Gasteiger partial charge in [-0.3, -0.25) is 9.59 Å². The highest BCUT2D eigenvalue weighted by atomic mass is 16.2. The molecule has 1 fully saturated rings. The summed E-state index contributed by atoms with van der Waals surface area (Å²) in [6.45, 7) is 5.48. The van der Waals surface area contributed by atoms with Crippen LogP contribution in [0.15, 0.2) is 35.6 Å². The van der Waals surface area contributed by atoms with Crippen molar-refractivity contribution in [2.75, 3.05) is 20.1 Å². The van der Waals surface area contributed by atoms with E-state index in [-0.39, 0.29) is 29.1 Å². The van der Waals surface area contributed by atoms with Gasteiger partial charge in [-0.2, -0.15) is 0 Å². The maximum Gasteiger partial charge on any atom is 0.263 e. The number of carbonyl (C=O) groups excluding carboxylic acids is 1. The van der Waals surface area contributed by atoms with Crippen molar-refractivity contribution in [2.24, 2.45) is 0 Å². The Labute approximate surface area is 153 Å². The summed E-state index contributed by atoms with van der Waals surface area (Å²) in [4.78, 5) is 35.8. The van der Waals surface area contributed by atoms with Crippen molar-refractivity contribution >= 4 is 5.91 Å². The lowest BCUT2D eigenvalue weighted by Gasteiger charge is -2.27. The average Bonchev–Trinajstić information content (AvgIpc) is 2.68. The van der Waals surface area contributed by atoms with E-state index in [1.165, 1.54) is 6.33 Å². The molecule has 3 heterocycles. The van der Waals surface area contributed by atoms with Gasteiger partial charge >= 0.3 is 0 Å². The van der Waals surface area contributed by atoms with Crippen molar-refractivity contribution in [1.82, 2.24) is 24.8 Å². The minimum absolute atomic E-state index is 0.139. The topological polar surface area (TPSA) is 80.1 Å². The van der Waals surface area contributed by atoms with E-state index >= 15 is 0 Å². The molecule has 7 nitrogen and oxygen atoms in total. The highest BCUT2D eigenvalue weighted by Gasteiger charge is 2.26. The molecule has 1 unspecified atom stereocenters. The minimum Gasteiger partial charge on any atom is -0.333 e. The highest BCUT2D eigenvalue weighted by molar-refractivity contribution is 5.95. The second kappa shape index (κ2) is 7.78. The van der Waals surface area contributed by atoms with E-state index in [1.807, 2.05) is 26.1 Å². The van der Waals surface area contributed by atoms with Crippen LogP contribution >= 0.6 is 0 Å². The fraction of sp³-hybridized carbons (Fsp3) is 0.474. The monoisotopic (exact) mass is 355 g/mol. The van der Waals surface area contributed by atoms with E-state index in [2.05, 4.69) is 15.3 Å².